The van der Waals surface area contributed by atoms with Gasteiger partial charge in [-0.1, -0.05) is 35.9 Å². The summed E-state index contributed by atoms with van der Waals surface area (Å²) in [6.45, 7) is 3.95. The average Bonchev–Trinajstić information content (AvgIpc) is 3.15. The van der Waals surface area contributed by atoms with Gasteiger partial charge < -0.3 is 24.2 Å². The smallest absolute Gasteiger partial charge is 0.323 e. The number of aliphatic carboxylic acids is 1. The van der Waals surface area contributed by atoms with E-state index in [-0.39, 0.29) is 36.5 Å². The number of ether oxygens (including phenoxy) is 3. The van der Waals surface area contributed by atoms with Gasteiger partial charge in [-0.3, -0.25) is 9.59 Å². The summed E-state index contributed by atoms with van der Waals surface area (Å²) in [4.78, 5) is 26.8. The molecule has 0 saturated carbocycles. The maximum atomic E-state index is 13.7. The van der Waals surface area contributed by atoms with Crippen LogP contribution < -0.4 is 9.47 Å². The molecule has 2 aliphatic heterocycles. The fourth-order valence-electron chi connectivity index (χ4n) is 7.04. The molecule has 0 bridgehead atoms. The first-order chi connectivity index (χ1) is 20.1. The molecule has 0 unspecified atom stereocenters. The number of hydrogen-bond donors (Lipinski definition) is 1. The highest BCUT2D eigenvalue weighted by Crippen LogP contribution is 2.56. The van der Waals surface area contributed by atoms with Crippen molar-refractivity contribution < 1.29 is 28.9 Å². The van der Waals surface area contributed by atoms with E-state index in [4.69, 9.17) is 25.8 Å². The van der Waals surface area contributed by atoms with Gasteiger partial charge in [-0.15, -0.1) is 0 Å². The van der Waals surface area contributed by atoms with Gasteiger partial charge in [0.05, 0.1) is 19.3 Å². The van der Waals surface area contributed by atoms with Gasteiger partial charge in [0.25, 0.3) is 5.91 Å². The van der Waals surface area contributed by atoms with Crippen LogP contribution in [0.3, 0.4) is 0 Å². The van der Waals surface area contributed by atoms with E-state index in [1.165, 1.54) is 16.0 Å². The third-order valence-corrected chi connectivity index (χ3v) is 9.33. The molecule has 220 valence electrons. The molecule has 3 aromatic rings. The van der Waals surface area contributed by atoms with E-state index in [2.05, 4.69) is 26.0 Å². The fourth-order valence-corrected chi connectivity index (χ4v) is 7.17. The van der Waals surface area contributed by atoms with Gasteiger partial charge in [-0.25, -0.2) is 0 Å². The molecule has 3 aliphatic rings. The fraction of sp³-hybridized carbons (Fsp3) is 0.412. The number of carbonyl (C=O) groups is 2. The zero-order valence-electron chi connectivity index (χ0n) is 24.1. The van der Waals surface area contributed by atoms with E-state index >= 15 is 0 Å². The van der Waals surface area contributed by atoms with Crippen LogP contribution >= 0.6 is 11.6 Å². The van der Waals surface area contributed by atoms with Gasteiger partial charge in [0, 0.05) is 34.5 Å². The van der Waals surface area contributed by atoms with E-state index in [1.807, 2.05) is 18.2 Å². The second kappa shape index (κ2) is 11.3. The lowest BCUT2D eigenvalue weighted by Crippen LogP contribution is -2.50. The Morgan fingerprint density at radius 1 is 1.10 bits per heavy atom. The van der Waals surface area contributed by atoms with Crippen LogP contribution in [0.15, 0.2) is 60.7 Å². The molecule has 42 heavy (non-hydrogen) atoms. The summed E-state index contributed by atoms with van der Waals surface area (Å²) in [5.41, 5.74) is 4.14. The topological polar surface area (TPSA) is 85.3 Å². The third-order valence-electron chi connectivity index (χ3n) is 9.08. The maximum absolute atomic E-state index is 13.7. The minimum absolute atomic E-state index is 0.0362. The molecule has 0 aromatic heterocycles. The van der Waals surface area contributed by atoms with Crippen LogP contribution in [-0.2, 0) is 22.5 Å². The summed E-state index contributed by atoms with van der Waals surface area (Å²) in [5, 5.41) is 10.2. The summed E-state index contributed by atoms with van der Waals surface area (Å²) >= 11 is 6.02. The van der Waals surface area contributed by atoms with Gasteiger partial charge in [0.2, 0.25) is 0 Å². The molecular weight excluding hydrogens is 554 g/mol. The molecule has 2 heterocycles. The highest BCUT2D eigenvalue weighted by Gasteiger charge is 2.51. The molecule has 1 amide bonds. The zero-order chi connectivity index (χ0) is 29.6. The normalized spacial score (nSPS) is 23.6. The van der Waals surface area contributed by atoms with E-state index < -0.39 is 18.1 Å². The molecule has 8 heteroatoms. The van der Waals surface area contributed by atoms with E-state index in [9.17, 15) is 14.7 Å². The van der Waals surface area contributed by atoms with Crippen molar-refractivity contribution in [1.82, 2.24) is 4.90 Å². The molecular formula is C34H36ClNO6. The molecule has 0 spiro atoms. The molecule has 3 aromatic carbocycles. The Balaban J connectivity index is 1.32. The van der Waals surface area contributed by atoms with Crippen molar-refractivity contribution in [2.45, 2.75) is 69.8 Å². The summed E-state index contributed by atoms with van der Waals surface area (Å²) in [6, 6.07) is 18.7. The number of nitrogens with zero attached hydrogens (tertiary/aromatic N) is 1. The predicted molar refractivity (Wildman–Crippen MR) is 159 cm³/mol. The number of carbonyl (C=O) groups excluding carboxylic acids is 1. The first-order valence-electron chi connectivity index (χ1n) is 14.5. The Bertz CT molecular complexity index is 1500. The van der Waals surface area contributed by atoms with E-state index in [0.717, 1.165) is 42.6 Å². The Kier molecular flexibility index (Phi) is 7.66. The van der Waals surface area contributed by atoms with Crippen LogP contribution in [0.4, 0.5) is 0 Å². The number of carboxylic acid groups (broad SMARTS) is 1. The van der Waals surface area contributed by atoms with Crippen LogP contribution in [0.1, 0.15) is 77.7 Å². The molecule has 1 N–H and O–H groups in total. The number of amides is 1. The van der Waals surface area contributed by atoms with Crippen LogP contribution in [0.2, 0.25) is 5.02 Å². The maximum Gasteiger partial charge on any atom is 0.323 e. The number of carboxylic acids is 1. The number of halogens is 1. The summed E-state index contributed by atoms with van der Waals surface area (Å²) in [6.07, 6.45) is 3.58. The zero-order valence-corrected chi connectivity index (χ0v) is 24.9. The average molecular weight is 590 g/mol. The van der Waals surface area contributed by atoms with Crippen molar-refractivity contribution >= 4 is 23.5 Å². The minimum atomic E-state index is -1.08. The molecule has 1 fully saturated rings. The van der Waals surface area contributed by atoms with Crippen LogP contribution in [-0.4, -0.2) is 47.2 Å². The van der Waals surface area contributed by atoms with Crippen molar-refractivity contribution in [3.63, 3.8) is 0 Å². The molecule has 1 aliphatic carbocycles. The summed E-state index contributed by atoms with van der Waals surface area (Å²) in [5.74, 6) is 0.478. The molecule has 7 nitrogen and oxygen atoms in total. The van der Waals surface area contributed by atoms with Gasteiger partial charge >= 0.3 is 5.97 Å². The number of rotatable bonds is 6. The van der Waals surface area contributed by atoms with Crippen molar-refractivity contribution in [1.29, 1.82) is 0 Å². The van der Waals surface area contributed by atoms with Crippen LogP contribution in [0.5, 0.6) is 11.5 Å². The first kappa shape index (κ1) is 28.6. The Morgan fingerprint density at radius 3 is 2.62 bits per heavy atom. The van der Waals surface area contributed by atoms with Crippen molar-refractivity contribution in [3.8, 4) is 11.5 Å². The standard InChI is InChI=1S/C34H36ClNO6/c1-34(2)27-17-25-23-6-4-8-28(40-3)24(23)7-5-9-29(25)41-32(27)26-16-21(12-15-30(26)42-34)33(39)36(19-31(37)38)18-20-10-13-22(35)14-11-20/h4,6,8,10-16,25,27,29,32H,5,7,9,17-19H2,1-3H3,(H,37,38)/t25-,27+,29+,32-/m0/s1. The number of methoxy groups -OCH3 is 1. The Morgan fingerprint density at radius 2 is 1.88 bits per heavy atom. The number of benzene rings is 3. The van der Waals surface area contributed by atoms with Crippen molar-refractivity contribution in [2.24, 2.45) is 5.92 Å². The molecule has 0 radical (unpaired) electrons. The lowest BCUT2D eigenvalue weighted by Gasteiger charge is -2.51. The van der Waals surface area contributed by atoms with Crippen LogP contribution in [0, 0.1) is 5.92 Å². The quantitative estimate of drug-likeness (QED) is 0.340. The van der Waals surface area contributed by atoms with Crippen LogP contribution in [0.25, 0.3) is 0 Å². The van der Waals surface area contributed by atoms with Crippen molar-refractivity contribution in [3.05, 3.63) is 93.5 Å². The monoisotopic (exact) mass is 589 g/mol. The number of fused-ring (bicyclic) bond motifs is 6. The summed E-state index contributed by atoms with van der Waals surface area (Å²) < 4.78 is 19.3. The minimum Gasteiger partial charge on any atom is -0.496 e. The van der Waals surface area contributed by atoms with E-state index in [1.54, 1.807) is 37.4 Å². The van der Waals surface area contributed by atoms with E-state index in [0.29, 0.717) is 16.3 Å². The molecule has 1 saturated heterocycles. The largest absolute Gasteiger partial charge is 0.496 e. The molecule has 6 rings (SSSR count). The highest BCUT2D eigenvalue weighted by atomic mass is 35.5. The van der Waals surface area contributed by atoms with Crippen molar-refractivity contribution in [2.75, 3.05) is 13.7 Å². The Hall–Kier alpha value is -3.55. The second-order valence-electron chi connectivity index (χ2n) is 12.1. The highest BCUT2D eigenvalue weighted by molar-refractivity contribution is 6.30. The van der Waals surface area contributed by atoms with Gasteiger partial charge in [0.1, 0.15) is 23.6 Å². The molecule has 4 atom stereocenters. The SMILES string of the molecule is COc1cccc2c1CCC[C@H]1O[C@H]3c4cc(C(=O)N(CC(=O)O)Cc5ccc(Cl)cc5)ccc4OC(C)(C)[C@@H]3C[C@@H]21. The number of hydrogen-bond acceptors (Lipinski definition) is 5. The third kappa shape index (κ3) is 5.36. The second-order valence-corrected chi connectivity index (χ2v) is 12.5. The van der Waals surface area contributed by atoms with Gasteiger partial charge in [0.15, 0.2) is 0 Å². The lowest BCUT2D eigenvalue weighted by molar-refractivity contribution is -0.159. The Labute approximate surface area is 251 Å². The lowest BCUT2D eigenvalue weighted by atomic mass is 9.69. The van der Waals surface area contributed by atoms with Gasteiger partial charge in [-0.2, -0.15) is 0 Å². The predicted octanol–water partition coefficient (Wildman–Crippen LogP) is 6.81. The van der Waals surface area contributed by atoms with Gasteiger partial charge in [-0.05, 0) is 92.6 Å². The summed E-state index contributed by atoms with van der Waals surface area (Å²) in [7, 11) is 1.73. The first-order valence-corrected chi connectivity index (χ1v) is 14.9.